The highest BCUT2D eigenvalue weighted by Gasteiger charge is 2.16. The largest absolute Gasteiger partial charge is 0.466 e. The molecule has 1 heterocycles. The summed E-state index contributed by atoms with van der Waals surface area (Å²) in [6, 6.07) is 8.53. The van der Waals surface area contributed by atoms with Crippen LogP contribution in [0.2, 0.25) is 0 Å². The monoisotopic (exact) mass is 257 g/mol. The molecule has 0 aliphatic carbocycles. The Morgan fingerprint density at radius 3 is 2.26 bits per heavy atom. The first-order chi connectivity index (χ1) is 9.06. The molecule has 1 aromatic carbocycles. The smallest absolute Gasteiger partial charge is 0.106 e. The molecule has 0 aliphatic heterocycles. The van der Waals surface area contributed by atoms with Gasteiger partial charge in [0, 0.05) is 5.56 Å². The van der Waals surface area contributed by atoms with Gasteiger partial charge in [-0.2, -0.15) is 0 Å². The molecule has 1 unspecified atom stereocenters. The SMILES string of the molecule is CCc1ccc(C(N)c2cc(C)oc2C)cc1CC. The molecule has 102 valence electrons. The highest BCUT2D eigenvalue weighted by atomic mass is 16.3. The van der Waals surface area contributed by atoms with Crippen LogP contribution in [0.25, 0.3) is 0 Å². The second-order valence-corrected chi connectivity index (χ2v) is 5.08. The van der Waals surface area contributed by atoms with E-state index in [0.29, 0.717) is 0 Å². The van der Waals surface area contributed by atoms with Crippen molar-refractivity contribution in [2.45, 2.75) is 46.6 Å². The predicted octanol–water partition coefficient (Wildman–Crippen LogP) is 4.07. The van der Waals surface area contributed by atoms with E-state index in [4.69, 9.17) is 10.2 Å². The summed E-state index contributed by atoms with van der Waals surface area (Å²) in [6.45, 7) is 8.32. The molecule has 0 fully saturated rings. The molecule has 19 heavy (non-hydrogen) atoms. The van der Waals surface area contributed by atoms with Crippen LogP contribution in [-0.2, 0) is 12.8 Å². The van der Waals surface area contributed by atoms with Crippen molar-refractivity contribution in [3.05, 3.63) is 58.0 Å². The summed E-state index contributed by atoms with van der Waals surface area (Å²) in [5, 5.41) is 0. The normalized spacial score (nSPS) is 12.7. The summed E-state index contributed by atoms with van der Waals surface area (Å²) < 4.78 is 5.58. The fraction of sp³-hybridized carbons (Fsp3) is 0.412. The number of aryl methyl sites for hydroxylation is 4. The molecule has 0 radical (unpaired) electrons. The van der Waals surface area contributed by atoms with Gasteiger partial charge in [0.05, 0.1) is 6.04 Å². The van der Waals surface area contributed by atoms with Crippen molar-refractivity contribution in [2.75, 3.05) is 0 Å². The summed E-state index contributed by atoms with van der Waals surface area (Å²) in [5.41, 5.74) is 11.4. The van der Waals surface area contributed by atoms with Crippen molar-refractivity contribution in [3.63, 3.8) is 0 Å². The topological polar surface area (TPSA) is 39.2 Å². The van der Waals surface area contributed by atoms with Crippen LogP contribution in [0.15, 0.2) is 28.7 Å². The molecule has 0 aliphatic rings. The minimum atomic E-state index is -0.103. The Bertz CT molecular complexity index is 569. The maximum absolute atomic E-state index is 6.39. The first-order valence-corrected chi connectivity index (χ1v) is 7.01. The molecule has 1 atom stereocenters. The maximum Gasteiger partial charge on any atom is 0.106 e. The van der Waals surface area contributed by atoms with E-state index in [-0.39, 0.29) is 6.04 Å². The Morgan fingerprint density at radius 2 is 1.74 bits per heavy atom. The molecule has 2 N–H and O–H groups in total. The van der Waals surface area contributed by atoms with E-state index < -0.39 is 0 Å². The maximum atomic E-state index is 6.39. The zero-order valence-electron chi connectivity index (χ0n) is 12.3. The van der Waals surface area contributed by atoms with E-state index in [0.717, 1.165) is 35.5 Å². The highest BCUT2D eigenvalue weighted by molar-refractivity contribution is 5.39. The highest BCUT2D eigenvalue weighted by Crippen LogP contribution is 2.27. The summed E-state index contributed by atoms with van der Waals surface area (Å²) in [4.78, 5) is 0. The van der Waals surface area contributed by atoms with Gasteiger partial charge in [0.25, 0.3) is 0 Å². The van der Waals surface area contributed by atoms with Gasteiger partial charge < -0.3 is 10.2 Å². The second kappa shape index (κ2) is 5.62. The summed E-state index contributed by atoms with van der Waals surface area (Å²) >= 11 is 0. The minimum absolute atomic E-state index is 0.103. The molecular weight excluding hydrogens is 234 g/mol. The number of hydrogen-bond acceptors (Lipinski definition) is 2. The number of furan rings is 1. The van der Waals surface area contributed by atoms with Crippen LogP contribution < -0.4 is 5.73 Å². The Balaban J connectivity index is 2.39. The van der Waals surface area contributed by atoms with E-state index in [1.165, 1.54) is 11.1 Å². The second-order valence-electron chi connectivity index (χ2n) is 5.08. The Labute approximate surface area is 115 Å². The first kappa shape index (κ1) is 13.9. The lowest BCUT2D eigenvalue weighted by molar-refractivity contribution is 0.499. The predicted molar refractivity (Wildman–Crippen MR) is 79.4 cm³/mol. The molecule has 0 saturated carbocycles. The molecule has 2 nitrogen and oxygen atoms in total. The van der Waals surface area contributed by atoms with E-state index in [9.17, 15) is 0 Å². The van der Waals surface area contributed by atoms with Gasteiger partial charge in [-0.15, -0.1) is 0 Å². The lowest BCUT2D eigenvalue weighted by Crippen LogP contribution is -2.12. The summed E-state index contributed by atoms with van der Waals surface area (Å²) in [7, 11) is 0. The zero-order chi connectivity index (χ0) is 14.0. The van der Waals surface area contributed by atoms with Crippen LogP contribution in [-0.4, -0.2) is 0 Å². The molecule has 2 aromatic rings. The molecule has 2 rings (SSSR count). The third-order valence-corrected chi connectivity index (χ3v) is 3.77. The number of nitrogens with two attached hydrogens (primary N) is 1. The van der Waals surface area contributed by atoms with E-state index in [1.54, 1.807) is 0 Å². The zero-order valence-corrected chi connectivity index (χ0v) is 12.3. The van der Waals surface area contributed by atoms with E-state index >= 15 is 0 Å². The van der Waals surface area contributed by atoms with Crippen molar-refractivity contribution in [1.29, 1.82) is 0 Å². The molecule has 0 bridgehead atoms. The Morgan fingerprint density at radius 1 is 1.05 bits per heavy atom. The van der Waals surface area contributed by atoms with Gasteiger partial charge in [-0.1, -0.05) is 32.0 Å². The van der Waals surface area contributed by atoms with Gasteiger partial charge in [-0.05, 0) is 49.4 Å². The molecule has 0 spiro atoms. The third-order valence-electron chi connectivity index (χ3n) is 3.77. The van der Waals surface area contributed by atoms with Crippen LogP contribution in [0, 0.1) is 13.8 Å². The van der Waals surface area contributed by atoms with Crippen LogP contribution in [0.3, 0.4) is 0 Å². The quantitative estimate of drug-likeness (QED) is 0.896. The van der Waals surface area contributed by atoms with Crippen molar-refractivity contribution in [2.24, 2.45) is 5.73 Å². The summed E-state index contributed by atoms with van der Waals surface area (Å²) in [5.74, 6) is 1.84. The molecule has 0 amide bonds. The molecular formula is C17H23NO. The Hall–Kier alpha value is -1.54. The lowest BCUT2D eigenvalue weighted by Gasteiger charge is -2.14. The van der Waals surface area contributed by atoms with Crippen LogP contribution in [0.5, 0.6) is 0 Å². The van der Waals surface area contributed by atoms with Crippen LogP contribution in [0.4, 0.5) is 0 Å². The fourth-order valence-corrected chi connectivity index (χ4v) is 2.65. The van der Waals surface area contributed by atoms with Gasteiger partial charge in [-0.3, -0.25) is 0 Å². The van der Waals surface area contributed by atoms with Crippen molar-refractivity contribution in [3.8, 4) is 0 Å². The van der Waals surface area contributed by atoms with E-state index in [1.807, 2.05) is 19.9 Å². The summed E-state index contributed by atoms with van der Waals surface area (Å²) in [6.07, 6.45) is 2.12. The average Bonchev–Trinajstić information content (AvgIpc) is 2.76. The first-order valence-electron chi connectivity index (χ1n) is 7.01. The average molecular weight is 257 g/mol. The lowest BCUT2D eigenvalue weighted by atomic mass is 9.94. The Kier molecular flexibility index (Phi) is 4.11. The number of hydrogen-bond donors (Lipinski definition) is 1. The standard InChI is InChI=1S/C17H23NO/c1-5-13-7-8-15(10-14(13)6-2)17(18)16-9-11(3)19-12(16)4/h7-10,17H,5-6,18H2,1-4H3. The number of benzene rings is 1. The van der Waals surface area contributed by atoms with Gasteiger partial charge in [0.2, 0.25) is 0 Å². The van der Waals surface area contributed by atoms with Crippen molar-refractivity contribution >= 4 is 0 Å². The van der Waals surface area contributed by atoms with Crippen LogP contribution >= 0.6 is 0 Å². The van der Waals surface area contributed by atoms with Gasteiger partial charge in [0.1, 0.15) is 11.5 Å². The molecule has 2 heteroatoms. The van der Waals surface area contributed by atoms with Gasteiger partial charge >= 0.3 is 0 Å². The molecule has 0 saturated heterocycles. The van der Waals surface area contributed by atoms with Gasteiger partial charge in [-0.25, -0.2) is 0 Å². The minimum Gasteiger partial charge on any atom is -0.466 e. The van der Waals surface area contributed by atoms with Crippen molar-refractivity contribution < 1.29 is 4.42 Å². The van der Waals surface area contributed by atoms with E-state index in [2.05, 4.69) is 32.0 Å². The number of rotatable bonds is 4. The van der Waals surface area contributed by atoms with Gasteiger partial charge in [0.15, 0.2) is 0 Å². The van der Waals surface area contributed by atoms with Crippen molar-refractivity contribution in [1.82, 2.24) is 0 Å². The molecule has 1 aromatic heterocycles. The van der Waals surface area contributed by atoms with Crippen LogP contribution in [0.1, 0.15) is 53.7 Å². The third kappa shape index (κ3) is 2.74. The fourth-order valence-electron chi connectivity index (χ4n) is 2.65.